The first-order valence-electron chi connectivity index (χ1n) is 7.44. The van der Waals surface area contributed by atoms with E-state index >= 15 is 0 Å². The number of anilines is 1. The van der Waals surface area contributed by atoms with Crippen LogP contribution in [0.25, 0.3) is 16.2 Å². The predicted octanol–water partition coefficient (Wildman–Crippen LogP) is 2.41. The third-order valence-electron chi connectivity index (χ3n) is 3.78. The van der Waals surface area contributed by atoms with Gasteiger partial charge in [0.2, 0.25) is 5.91 Å². The first kappa shape index (κ1) is 16.9. The molecule has 2 N–H and O–H groups in total. The van der Waals surface area contributed by atoms with Crippen molar-refractivity contribution in [1.82, 2.24) is 14.7 Å². The van der Waals surface area contributed by atoms with E-state index in [4.69, 9.17) is 4.74 Å². The molecule has 1 aliphatic heterocycles. The van der Waals surface area contributed by atoms with Crippen LogP contribution < -0.4 is 10.6 Å². The SMILES string of the molecule is Cl.O=C(Nc1ccc(-c2cn3ccsc3n2)cc1)C1COCCN1. The second kappa shape index (κ2) is 7.31. The Balaban J connectivity index is 0.00000169. The second-order valence-corrected chi connectivity index (χ2v) is 6.24. The molecule has 0 saturated carbocycles. The van der Waals surface area contributed by atoms with E-state index in [1.165, 1.54) is 0 Å². The maximum absolute atomic E-state index is 12.1. The fourth-order valence-corrected chi connectivity index (χ4v) is 3.25. The number of imidazole rings is 1. The van der Waals surface area contributed by atoms with E-state index in [1.807, 2.05) is 46.4 Å². The van der Waals surface area contributed by atoms with Crippen molar-refractivity contribution in [1.29, 1.82) is 0 Å². The molecule has 0 spiro atoms. The molecule has 2 aromatic heterocycles. The van der Waals surface area contributed by atoms with E-state index in [2.05, 4.69) is 15.6 Å². The number of fused-ring (bicyclic) bond motifs is 1. The summed E-state index contributed by atoms with van der Waals surface area (Å²) in [6, 6.07) is 7.43. The average molecular weight is 365 g/mol. The van der Waals surface area contributed by atoms with Gasteiger partial charge in [0, 0.05) is 35.6 Å². The van der Waals surface area contributed by atoms with Crippen molar-refractivity contribution in [2.45, 2.75) is 6.04 Å². The molecule has 3 aromatic rings. The molecule has 0 aliphatic carbocycles. The zero-order valence-corrected chi connectivity index (χ0v) is 14.4. The number of morpholine rings is 1. The van der Waals surface area contributed by atoms with Crippen LogP contribution in [-0.4, -0.2) is 41.1 Å². The Morgan fingerprint density at radius 3 is 2.92 bits per heavy atom. The van der Waals surface area contributed by atoms with Gasteiger partial charge in [0.25, 0.3) is 0 Å². The molecular formula is C16H17ClN4O2S. The minimum absolute atomic E-state index is 0. The number of hydrogen-bond donors (Lipinski definition) is 2. The fourth-order valence-electron chi connectivity index (χ4n) is 2.55. The van der Waals surface area contributed by atoms with Crippen molar-refractivity contribution >= 4 is 40.3 Å². The highest BCUT2D eigenvalue weighted by Gasteiger charge is 2.21. The Morgan fingerprint density at radius 2 is 2.21 bits per heavy atom. The maximum Gasteiger partial charge on any atom is 0.243 e. The molecule has 0 radical (unpaired) electrons. The standard InChI is InChI=1S/C16H16N4O2S.ClH/c21-15(14-10-22-7-5-17-14)18-12-3-1-11(2-4-12)13-9-20-6-8-23-16(20)19-13;/h1-4,6,8-9,14,17H,5,7,10H2,(H,18,21);1H. The highest BCUT2D eigenvalue weighted by atomic mass is 35.5. The van der Waals surface area contributed by atoms with Gasteiger partial charge in [-0.3, -0.25) is 9.20 Å². The van der Waals surface area contributed by atoms with Crippen LogP contribution in [0.5, 0.6) is 0 Å². The van der Waals surface area contributed by atoms with Crippen LogP contribution in [0.1, 0.15) is 0 Å². The minimum atomic E-state index is -0.289. The van der Waals surface area contributed by atoms with Gasteiger partial charge in [0.1, 0.15) is 6.04 Å². The second-order valence-electron chi connectivity index (χ2n) is 5.37. The summed E-state index contributed by atoms with van der Waals surface area (Å²) in [4.78, 5) is 17.7. The van der Waals surface area contributed by atoms with Crippen molar-refractivity contribution < 1.29 is 9.53 Å². The number of rotatable bonds is 3. The van der Waals surface area contributed by atoms with Gasteiger partial charge in [-0.1, -0.05) is 12.1 Å². The molecule has 8 heteroatoms. The van der Waals surface area contributed by atoms with Gasteiger partial charge in [0.05, 0.1) is 18.9 Å². The smallest absolute Gasteiger partial charge is 0.243 e. The molecule has 1 amide bonds. The van der Waals surface area contributed by atoms with Crippen molar-refractivity contribution in [2.24, 2.45) is 0 Å². The zero-order valence-electron chi connectivity index (χ0n) is 12.8. The number of hydrogen-bond acceptors (Lipinski definition) is 5. The van der Waals surface area contributed by atoms with E-state index < -0.39 is 0 Å². The molecular weight excluding hydrogens is 348 g/mol. The lowest BCUT2D eigenvalue weighted by Gasteiger charge is -2.22. The summed E-state index contributed by atoms with van der Waals surface area (Å²) in [5.41, 5.74) is 2.72. The summed E-state index contributed by atoms with van der Waals surface area (Å²) in [5.74, 6) is -0.0695. The number of nitrogens with zero attached hydrogens (tertiary/aromatic N) is 2. The van der Waals surface area contributed by atoms with Crippen LogP contribution in [0.15, 0.2) is 42.0 Å². The molecule has 0 bridgehead atoms. The van der Waals surface area contributed by atoms with E-state index in [0.717, 1.165) is 21.9 Å². The number of thiazole rings is 1. The van der Waals surface area contributed by atoms with Crippen LogP contribution in [0.4, 0.5) is 5.69 Å². The van der Waals surface area contributed by atoms with E-state index in [9.17, 15) is 4.79 Å². The number of aromatic nitrogens is 2. The van der Waals surface area contributed by atoms with Crippen LogP contribution in [0.3, 0.4) is 0 Å². The van der Waals surface area contributed by atoms with Crippen molar-refractivity contribution in [3.8, 4) is 11.3 Å². The molecule has 3 heterocycles. The summed E-state index contributed by atoms with van der Waals surface area (Å²) >= 11 is 1.61. The first-order valence-corrected chi connectivity index (χ1v) is 8.32. The Bertz CT molecular complexity index is 796. The molecule has 4 rings (SSSR count). The molecule has 1 atom stereocenters. The Hall–Kier alpha value is -1.93. The molecule has 6 nitrogen and oxygen atoms in total. The molecule has 126 valence electrons. The van der Waals surface area contributed by atoms with Gasteiger partial charge in [-0.15, -0.1) is 23.7 Å². The van der Waals surface area contributed by atoms with Gasteiger partial charge in [-0.05, 0) is 12.1 Å². The van der Waals surface area contributed by atoms with Crippen LogP contribution in [-0.2, 0) is 9.53 Å². The summed E-state index contributed by atoms with van der Waals surface area (Å²) in [6.45, 7) is 1.77. The Labute approximate surface area is 149 Å². The number of ether oxygens (including phenoxy) is 1. The largest absolute Gasteiger partial charge is 0.378 e. The third kappa shape index (κ3) is 3.44. The van der Waals surface area contributed by atoms with Gasteiger partial charge in [-0.25, -0.2) is 4.98 Å². The van der Waals surface area contributed by atoms with Crippen molar-refractivity contribution in [2.75, 3.05) is 25.1 Å². The molecule has 1 aromatic carbocycles. The summed E-state index contributed by atoms with van der Waals surface area (Å²) < 4.78 is 7.31. The third-order valence-corrected chi connectivity index (χ3v) is 4.55. The number of halogens is 1. The van der Waals surface area contributed by atoms with E-state index in [0.29, 0.717) is 19.8 Å². The number of amides is 1. The van der Waals surface area contributed by atoms with Crippen LogP contribution in [0, 0.1) is 0 Å². The number of benzene rings is 1. The summed E-state index contributed by atoms with van der Waals surface area (Å²) in [6.07, 6.45) is 3.99. The minimum Gasteiger partial charge on any atom is -0.378 e. The maximum atomic E-state index is 12.1. The van der Waals surface area contributed by atoms with E-state index in [-0.39, 0.29) is 24.4 Å². The molecule has 1 fully saturated rings. The monoisotopic (exact) mass is 364 g/mol. The van der Waals surface area contributed by atoms with Gasteiger partial charge < -0.3 is 15.4 Å². The highest BCUT2D eigenvalue weighted by Crippen LogP contribution is 2.23. The van der Waals surface area contributed by atoms with Crippen molar-refractivity contribution in [3.05, 3.63) is 42.0 Å². The topological polar surface area (TPSA) is 67.7 Å². The normalized spacial score (nSPS) is 17.4. The van der Waals surface area contributed by atoms with Gasteiger partial charge >= 0.3 is 0 Å². The van der Waals surface area contributed by atoms with Gasteiger partial charge in [-0.2, -0.15) is 0 Å². The Kier molecular flexibility index (Phi) is 5.15. The average Bonchev–Trinajstić information content (AvgIpc) is 3.18. The lowest BCUT2D eigenvalue weighted by atomic mass is 10.1. The molecule has 24 heavy (non-hydrogen) atoms. The zero-order chi connectivity index (χ0) is 15.6. The Morgan fingerprint density at radius 1 is 1.38 bits per heavy atom. The quantitative estimate of drug-likeness (QED) is 0.749. The van der Waals surface area contributed by atoms with Gasteiger partial charge in [0.15, 0.2) is 4.96 Å². The number of carbonyl (C=O) groups is 1. The first-order chi connectivity index (χ1) is 11.3. The lowest BCUT2D eigenvalue weighted by Crippen LogP contribution is -2.48. The number of carbonyl (C=O) groups excluding carboxylic acids is 1. The fraction of sp³-hybridized carbons (Fsp3) is 0.250. The molecule has 1 saturated heterocycles. The van der Waals surface area contributed by atoms with Crippen LogP contribution >= 0.6 is 23.7 Å². The number of nitrogens with one attached hydrogen (secondary N) is 2. The summed E-state index contributed by atoms with van der Waals surface area (Å²) in [7, 11) is 0. The van der Waals surface area contributed by atoms with Crippen LogP contribution in [0.2, 0.25) is 0 Å². The molecule has 1 unspecified atom stereocenters. The highest BCUT2D eigenvalue weighted by molar-refractivity contribution is 7.15. The lowest BCUT2D eigenvalue weighted by molar-refractivity contribution is -0.120. The van der Waals surface area contributed by atoms with Crippen molar-refractivity contribution in [3.63, 3.8) is 0 Å². The molecule has 1 aliphatic rings. The summed E-state index contributed by atoms with van der Waals surface area (Å²) in [5, 5.41) is 8.05. The van der Waals surface area contributed by atoms with E-state index in [1.54, 1.807) is 11.3 Å². The predicted molar refractivity (Wildman–Crippen MR) is 97.0 cm³/mol.